The van der Waals surface area contributed by atoms with Crippen LogP contribution in [0.2, 0.25) is 0 Å². The van der Waals surface area contributed by atoms with Crippen LogP contribution in [0, 0.1) is 21.4 Å². The van der Waals surface area contributed by atoms with Gasteiger partial charge in [-0.1, -0.05) is 6.07 Å². The van der Waals surface area contributed by atoms with Crippen molar-refractivity contribution in [2.75, 3.05) is 5.32 Å². The maximum absolute atomic E-state index is 10.7. The van der Waals surface area contributed by atoms with Crippen LogP contribution in [0.25, 0.3) is 0 Å². The molecule has 0 aliphatic carbocycles. The molecule has 1 aromatic heterocycles. The van der Waals surface area contributed by atoms with Gasteiger partial charge in [0.2, 0.25) is 0 Å². The molecular formula is C15H15N3O3S. The molecule has 0 fully saturated rings. The summed E-state index contributed by atoms with van der Waals surface area (Å²) in [4.78, 5) is 11.1. The molecule has 0 unspecified atom stereocenters. The van der Waals surface area contributed by atoms with E-state index in [-0.39, 0.29) is 17.3 Å². The predicted octanol–water partition coefficient (Wildman–Crippen LogP) is 3.45. The Morgan fingerprint density at radius 3 is 2.86 bits per heavy atom. The fourth-order valence-corrected chi connectivity index (χ4v) is 2.85. The molecule has 0 saturated heterocycles. The smallest absolute Gasteiger partial charge is 0.270 e. The van der Waals surface area contributed by atoms with Gasteiger partial charge in [0.25, 0.3) is 5.69 Å². The molecule has 2 rings (SSSR count). The first-order valence-corrected chi connectivity index (χ1v) is 7.55. The Kier molecular flexibility index (Phi) is 5.09. The van der Waals surface area contributed by atoms with E-state index in [2.05, 4.69) is 5.32 Å². The van der Waals surface area contributed by atoms with E-state index in [0.29, 0.717) is 12.1 Å². The second-order valence-corrected chi connectivity index (χ2v) is 5.89. The molecule has 22 heavy (non-hydrogen) atoms. The summed E-state index contributed by atoms with van der Waals surface area (Å²) >= 11 is 1.49. The number of benzene rings is 1. The van der Waals surface area contributed by atoms with Gasteiger partial charge >= 0.3 is 0 Å². The van der Waals surface area contributed by atoms with Gasteiger partial charge in [0.1, 0.15) is 6.07 Å². The van der Waals surface area contributed by atoms with Crippen molar-refractivity contribution in [2.24, 2.45) is 0 Å². The van der Waals surface area contributed by atoms with E-state index in [9.17, 15) is 15.2 Å². The molecule has 1 aromatic carbocycles. The number of nitrogens with zero attached hydrogens (tertiary/aromatic N) is 2. The minimum Gasteiger partial charge on any atom is -0.387 e. The molecule has 0 amide bonds. The largest absolute Gasteiger partial charge is 0.387 e. The van der Waals surface area contributed by atoms with Gasteiger partial charge in [0.15, 0.2) is 0 Å². The number of aliphatic hydroxyl groups excluding tert-OH is 1. The Hall–Kier alpha value is -2.43. The number of anilines is 1. The summed E-state index contributed by atoms with van der Waals surface area (Å²) in [5.41, 5.74) is 0.624. The Labute approximate surface area is 131 Å². The highest BCUT2D eigenvalue weighted by molar-refractivity contribution is 7.10. The van der Waals surface area contributed by atoms with E-state index < -0.39 is 11.0 Å². The molecule has 0 bridgehead atoms. The number of rotatable bonds is 6. The normalized spacial score (nSPS) is 13.1. The molecule has 0 radical (unpaired) electrons. The Morgan fingerprint density at radius 2 is 2.27 bits per heavy atom. The maximum Gasteiger partial charge on any atom is 0.270 e. The average Bonchev–Trinajstić information content (AvgIpc) is 3.01. The Morgan fingerprint density at radius 1 is 1.50 bits per heavy atom. The molecule has 7 heteroatoms. The Balaban J connectivity index is 2.07. The summed E-state index contributed by atoms with van der Waals surface area (Å²) in [6.07, 6.45) is -0.103. The van der Waals surface area contributed by atoms with E-state index in [1.807, 2.05) is 30.5 Å². The topological polar surface area (TPSA) is 99.2 Å². The quantitative estimate of drug-likeness (QED) is 0.628. The third-order valence-electron chi connectivity index (χ3n) is 3.18. The Bertz CT molecular complexity index is 695. The van der Waals surface area contributed by atoms with Crippen LogP contribution >= 0.6 is 11.3 Å². The highest BCUT2D eigenvalue weighted by Crippen LogP contribution is 2.26. The monoisotopic (exact) mass is 317 g/mol. The first-order chi connectivity index (χ1) is 10.5. The average molecular weight is 317 g/mol. The number of nitrogens with one attached hydrogen (secondary N) is 1. The zero-order valence-electron chi connectivity index (χ0n) is 11.9. The zero-order valence-corrected chi connectivity index (χ0v) is 12.7. The first-order valence-electron chi connectivity index (χ1n) is 6.67. The molecule has 0 aliphatic rings. The van der Waals surface area contributed by atoms with Gasteiger partial charge in [-0.25, -0.2) is 0 Å². The van der Waals surface area contributed by atoms with Crippen molar-refractivity contribution in [3.8, 4) is 6.07 Å². The number of non-ortho nitro benzene ring substituents is 1. The molecule has 0 saturated carbocycles. The number of hydrogen-bond donors (Lipinski definition) is 2. The minimum atomic E-state index is -0.578. The van der Waals surface area contributed by atoms with E-state index in [4.69, 9.17) is 5.26 Å². The molecule has 6 nitrogen and oxygen atoms in total. The molecule has 1 heterocycles. The fraction of sp³-hybridized carbons (Fsp3) is 0.267. The lowest BCUT2D eigenvalue weighted by Crippen LogP contribution is -2.19. The lowest BCUT2D eigenvalue weighted by Gasteiger charge is -2.19. The number of nitriles is 1. The van der Waals surface area contributed by atoms with Crippen LogP contribution in [-0.4, -0.2) is 16.1 Å². The predicted molar refractivity (Wildman–Crippen MR) is 84.8 cm³/mol. The number of thiophene rings is 1. The van der Waals surface area contributed by atoms with Gasteiger partial charge in [-0.2, -0.15) is 5.26 Å². The van der Waals surface area contributed by atoms with Crippen molar-refractivity contribution < 1.29 is 10.0 Å². The molecule has 114 valence electrons. The van der Waals surface area contributed by atoms with Gasteiger partial charge < -0.3 is 10.4 Å². The molecule has 2 aromatic rings. The summed E-state index contributed by atoms with van der Waals surface area (Å²) < 4.78 is 0. The van der Waals surface area contributed by atoms with E-state index >= 15 is 0 Å². The fourth-order valence-electron chi connectivity index (χ4n) is 2.12. The third kappa shape index (κ3) is 3.81. The van der Waals surface area contributed by atoms with Crippen LogP contribution < -0.4 is 5.32 Å². The van der Waals surface area contributed by atoms with E-state index in [1.54, 1.807) is 0 Å². The molecule has 2 atom stereocenters. The lowest BCUT2D eigenvalue weighted by molar-refractivity contribution is -0.384. The standard InChI is InChI=1S/C15H15N3O3S/c1-10(7-14(19)15-3-2-6-22-15)17-13-5-4-12(18(20)21)8-11(13)9-16/h2-6,8,10,14,17,19H,7H2,1H3/t10-,14+/m0/s1. The van der Waals surface area contributed by atoms with Crippen LogP contribution in [0.4, 0.5) is 11.4 Å². The summed E-state index contributed by atoms with van der Waals surface area (Å²) in [6.45, 7) is 1.89. The molecule has 2 N–H and O–H groups in total. The number of aliphatic hydroxyl groups is 1. The molecule has 0 aliphatic heterocycles. The number of nitro groups is 1. The van der Waals surface area contributed by atoms with Gasteiger partial charge in [-0.15, -0.1) is 11.3 Å². The minimum absolute atomic E-state index is 0.0920. The van der Waals surface area contributed by atoms with Gasteiger partial charge in [0, 0.05) is 23.1 Å². The molecule has 0 spiro atoms. The summed E-state index contributed by atoms with van der Waals surface area (Å²) in [5, 5.41) is 35.0. The third-order valence-corrected chi connectivity index (χ3v) is 4.16. The summed E-state index contributed by atoms with van der Waals surface area (Å²) in [6, 6.07) is 9.72. The van der Waals surface area contributed by atoms with Crippen molar-refractivity contribution in [3.05, 3.63) is 56.3 Å². The van der Waals surface area contributed by atoms with Gasteiger partial charge in [-0.3, -0.25) is 10.1 Å². The van der Waals surface area contributed by atoms with Crippen LogP contribution in [0.1, 0.15) is 29.9 Å². The highest BCUT2D eigenvalue weighted by Gasteiger charge is 2.16. The number of nitro benzene ring substituents is 1. The van der Waals surface area contributed by atoms with E-state index in [1.165, 1.54) is 29.5 Å². The lowest BCUT2D eigenvalue weighted by atomic mass is 10.1. The van der Waals surface area contributed by atoms with Crippen molar-refractivity contribution in [1.82, 2.24) is 0 Å². The van der Waals surface area contributed by atoms with Gasteiger partial charge in [-0.05, 0) is 30.9 Å². The SMILES string of the molecule is C[C@@H](C[C@@H](O)c1cccs1)Nc1ccc([N+](=O)[O-])cc1C#N. The van der Waals surface area contributed by atoms with Crippen molar-refractivity contribution in [3.63, 3.8) is 0 Å². The van der Waals surface area contributed by atoms with Crippen LogP contribution in [0.5, 0.6) is 0 Å². The number of hydrogen-bond acceptors (Lipinski definition) is 6. The summed E-state index contributed by atoms with van der Waals surface area (Å²) in [7, 11) is 0. The van der Waals surface area contributed by atoms with Crippen LogP contribution in [0.15, 0.2) is 35.7 Å². The highest BCUT2D eigenvalue weighted by atomic mass is 32.1. The second-order valence-electron chi connectivity index (χ2n) is 4.91. The van der Waals surface area contributed by atoms with E-state index in [0.717, 1.165) is 4.88 Å². The van der Waals surface area contributed by atoms with Gasteiger partial charge in [0.05, 0.1) is 22.3 Å². The second kappa shape index (κ2) is 7.02. The maximum atomic E-state index is 10.7. The van der Waals surface area contributed by atoms with Crippen molar-refractivity contribution >= 4 is 22.7 Å². The van der Waals surface area contributed by atoms with Crippen LogP contribution in [0.3, 0.4) is 0 Å². The van der Waals surface area contributed by atoms with Crippen LogP contribution in [-0.2, 0) is 0 Å². The van der Waals surface area contributed by atoms with Crippen molar-refractivity contribution in [2.45, 2.75) is 25.5 Å². The van der Waals surface area contributed by atoms with Crippen molar-refractivity contribution in [1.29, 1.82) is 5.26 Å². The molecular weight excluding hydrogens is 302 g/mol. The first kappa shape index (κ1) is 15.9. The zero-order chi connectivity index (χ0) is 16.1. The summed E-state index contributed by atoms with van der Waals surface area (Å²) in [5.74, 6) is 0.